The third-order valence-corrected chi connectivity index (χ3v) is 5.99. The van der Waals surface area contributed by atoms with Crippen LogP contribution in [0, 0.1) is 5.92 Å². The minimum absolute atomic E-state index is 0.0736. The molecule has 1 amide bonds. The first-order valence-corrected chi connectivity index (χ1v) is 10.4. The first kappa shape index (κ1) is 21.3. The summed E-state index contributed by atoms with van der Waals surface area (Å²) in [6.07, 6.45) is -2.85. The number of likely N-dealkylation sites (tertiary alicyclic amines) is 1. The molecule has 0 bridgehead atoms. The Morgan fingerprint density at radius 1 is 1.19 bits per heavy atom. The molecule has 1 N–H and O–H groups in total. The molecule has 1 atom stereocenters. The van der Waals surface area contributed by atoms with Crippen LogP contribution < -0.4 is 5.32 Å². The average Bonchev–Trinajstić information content (AvgIpc) is 2.71. The Labute approximate surface area is 179 Å². The number of carbonyl (C=O) groups is 1. The van der Waals surface area contributed by atoms with Gasteiger partial charge in [0, 0.05) is 42.2 Å². The molecule has 4 rings (SSSR count). The van der Waals surface area contributed by atoms with Gasteiger partial charge >= 0.3 is 6.18 Å². The summed E-state index contributed by atoms with van der Waals surface area (Å²) in [5.74, 6) is 0.278. The second kappa shape index (κ2) is 8.30. The van der Waals surface area contributed by atoms with Crippen molar-refractivity contribution in [3.8, 4) is 11.1 Å². The van der Waals surface area contributed by atoms with Crippen molar-refractivity contribution < 1.29 is 18.0 Å². The molecular formula is C24H24F3N3O. The second-order valence-electron chi connectivity index (χ2n) is 8.05. The summed E-state index contributed by atoms with van der Waals surface area (Å²) in [6, 6.07) is 12.3. The monoisotopic (exact) mass is 427 g/mol. The van der Waals surface area contributed by atoms with Crippen molar-refractivity contribution >= 4 is 16.8 Å². The summed E-state index contributed by atoms with van der Waals surface area (Å²) in [5.41, 5.74) is 1.79. The number of amides is 1. The number of para-hydroxylation sites is 1. The maximum atomic E-state index is 12.8. The van der Waals surface area contributed by atoms with Gasteiger partial charge in [0.2, 0.25) is 0 Å². The highest BCUT2D eigenvalue weighted by atomic mass is 19.4. The first-order chi connectivity index (χ1) is 14.8. The molecule has 31 heavy (non-hydrogen) atoms. The molecule has 1 aliphatic heterocycles. The van der Waals surface area contributed by atoms with Crippen LogP contribution in [0.15, 0.2) is 54.7 Å². The van der Waals surface area contributed by atoms with E-state index in [9.17, 15) is 18.0 Å². The number of carbonyl (C=O) groups excluding carboxylic acids is 1. The van der Waals surface area contributed by atoms with Crippen LogP contribution >= 0.6 is 0 Å². The van der Waals surface area contributed by atoms with Gasteiger partial charge < -0.3 is 10.2 Å². The zero-order chi connectivity index (χ0) is 22.2. The van der Waals surface area contributed by atoms with E-state index in [0.717, 1.165) is 42.7 Å². The van der Waals surface area contributed by atoms with Gasteiger partial charge in [0.25, 0.3) is 5.91 Å². The minimum atomic E-state index is -4.37. The Morgan fingerprint density at radius 3 is 2.55 bits per heavy atom. The smallest absolute Gasteiger partial charge is 0.349 e. The predicted molar refractivity (Wildman–Crippen MR) is 115 cm³/mol. The van der Waals surface area contributed by atoms with Crippen LogP contribution in [-0.2, 0) is 6.18 Å². The van der Waals surface area contributed by atoms with Crippen molar-refractivity contribution in [3.05, 3.63) is 65.9 Å². The molecule has 0 radical (unpaired) electrons. The summed E-state index contributed by atoms with van der Waals surface area (Å²) in [4.78, 5) is 19.5. The minimum Gasteiger partial charge on any atom is -0.349 e. The molecule has 1 fully saturated rings. The quantitative estimate of drug-likeness (QED) is 0.624. The average molecular weight is 427 g/mol. The van der Waals surface area contributed by atoms with Gasteiger partial charge in [-0.25, -0.2) is 0 Å². The van der Waals surface area contributed by atoms with Crippen LogP contribution in [-0.4, -0.2) is 41.5 Å². The SMILES string of the molecule is CCN1CC(C(C)NC(=O)c2cnc3c(-c4ccc(C(F)(F)F)cc4)cccc3c2)C1. The summed E-state index contributed by atoms with van der Waals surface area (Å²) >= 11 is 0. The second-order valence-corrected chi connectivity index (χ2v) is 8.05. The number of nitrogens with one attached hydrogen (secondary N) is 1. The van der Waals surface area contributed by atoms with Crippen molar-refractivity contribution in [1.82, 2.24) is 15.2 Å². The summed E-state index contributed by atoms with van der Waals surface area (Å²) in [5, 5.41) is 3.82. The normalized spacial score (nSPS) is 16.2. The lowest BCUT2D eigenvalue weighted by molar-refractivity contribution is -0.137. The molecular weight excluding hydrogens is 403 g/mol. The molecule has 162 valence electrons. The van der Waals surface area contributed by atoms with E-state index in [0.29, 0.717) is 22.6 Å². The topological polar surface area (TPSA) is 45.2 Å². The molecule has 7 heteroatoms. The fourth-order valence-corrected chi connectivity index (χ4v) is 3.95. The largest absolute Gasteiger partial charge is 0.416 e. The molecule has 1 aliphatic rings. The summed E-state index contributed by atoms with van der Waals surface area (Å²) < 4.78 is 38.5. The molecule has 1 saturated heterocycles. The van der Waals surface area contributed by atoms with Crippen molar-refractivity contribution in [2.24, 2.45) is 5.92 Å². The number of fused-ring (bicyclic) bond motifs is 1. The number of hydrogen-bond donors (Lipinski definition) is 1. The van der Waals surface area contributed by atoms with E-state index in [1.807, 2.05) is 25.1 Å². The lowest BCUT2D eigenvalue weighted by Crippen LogP contribution is -2.55. The Balaban J connectivity index is 1.55. The van der Waals surface area contributed by atoms with Crippen LogP contribution in [0.2, 0.25) is 0 Å². The van der Waals surface area contributed by atoms with E-state index in [1.54, 1.807) is 6.07 Å². The number of benzene rings is 2. The number of aromatic nitrogens is 1. The van der Waals surface area contributed by atoms with Crippen LogP contribution in [0.5, 0.6) is 0 Å². The molecule has 4 nitrogen and oxygen atoms in total. The van der Waals surface area contributed by atoms with E-state index >= 15 is 0 Å². The highest BCUT2D eigenvalue weighted by Gasteiger charge is 2.31. The Morgan fingerprint density at radius 2 is 1.90 bits per heavy atom. The number of rotatable bonds is 5. The van der Waals surface area contributed by atoms with Crippen molar-refractivity contribution in [2.75, 3.05) is 19.6 Å². The molecule has 1 aromatic heterocycles. The fraction of sp³-hybridized carbons (Fsp3) is 0.333. The Hall–Kier alpha value is -2.93. The molecule has 2 heterocycles. The molecule has 2 aromatic carbocycles. The van der Waals surface area contributed by atoms with Crippen molar-refractivity contribution in [1.29, 1.82) is 0 Å². The van der Waals surface area contributed by atoms with E-state index in [4.69, 9.17) is 0 Å². The number of halogens is 3. The highest BCUT2D eigenvalue weighted by Crippen LogP contribution is 2.33. The van der Waals surface area contributed by atoms with Gasteiger partial charge in [-0.05, 0) is 37.2 Å². The van der Waals surface area contributed by atoms with E-state index in [1.165, 1.54) is 18.3 Å². The van der Waals surface area contributed by atoms with Crippen molar-refractivity contribution in [3.63, 3.8) is 0 Å². The fourth-order valence-electron chi connectivity index (χ4n) is 3.95. The van der Waals surface area contributed by atoms with Gasteiger partial charge in [0.15, 0.2) is 0 Å². The maximum absolute atomic E-state index is 12.8. The maximum Gasteiger partial charge on any atom is 0.416 e. The van der Waals surface area contributed by atoms with Gasteiger partial charge in [0.1, 0.15) is 0 Å². The van der Waals surface area contributed by atoms with E-state index < -0.39 is 11.7 Å². The van der Waals surface area contributed by atoms with E-state index in [-0.39, 0.29) is 11.9 Å². The van der Waals surface area contributed by atoms with Gasteiger partial charge in [-0.1, -0.05) is 37.3 Å². The van der Waals surface area contributed by atoms with Crippen LogP contribution in [0.25, 0.3) is 22.0 Å². The summed E-state index contributed by atoms with van der Waals surface area (Å²) in [7, 11) is 0. The van der Waals surface area contributed by atoms with Gasteiger partial charge in [-0.2, -0.15) is 13.2 Å². The Bertz CT molecular complexity index is 1090. The molecule has 3 aromatic rings. The molecule has 0 spiro atoms. The zero-order valence-electron chi connectivity index (χ0n) is 17.4. The molecule has 1 unspecified atom stereocenters. The predicted octanol–water partition coefficient (Wildman–Crippen LogP) is 4.99. The molecule has 0 saturated carbocycles. The number of alkyl halides is 3. The molecule has 0 aliphatic carbocycles. The first-order valence-electron chi connectivity index (χ1n) is 10.4. The van der Waals surface area contributed by atoms with Gasteiger partial charge in [-0.15, -0.1) is 0 Å². The third kappa shape index (κ3) is 4.42. The summed E-state index contributed by atoms with van der Waals surface area (Å²) in [6.45, 7) is 7.15. The standard InChI is InChI=1S/C24H24F3N3O/c1-3-30-13-19(14-30)15(2)29-23(31)18-11-17-5-4-6-21(22(17)28-12-18)16-7-9-20(10-8-16)24(25,26)27/h4-12,15,19H,3,13-14H2,1-2H3,(H,29,31). The van der Waals surface area contributed by atoms with Gasteiger partial charge in [-0.3, -0.25) is 9.78 Å². The van der Waals surface area contributed by atoms with Crippen LogP contribution in [0.3, 0.4) is 0 Å². The lowest BCUT2D eigenvalue weighted by atomic mass is 9.92. The van der Waals surface area contributed by atoms with Crippen molar-refractivity contribution in [2.45, 2.75) is 26.1 Å². The Kier molecular flexibility index (Phi) is 5.71. The van der Waals surface area contributed by atoms with E-state index in [2.05, 4.69) is 22.1 Å². The number of hydrogen-bond acceptors (Lipinski definition) is 3. The van der Waals surface area contributed by atoms with Gasteiger partial charge in [0.05, 0.1) is 16.6 Å². The highest BCUT2D eigenvalue weighted by molar-refractivity contribution is 6.00. The number of nitrogens with zero attached hydrogens (tertiary/aromatic N) is 2. The van der Waals surface area contributed by atoms with Crippen LogP contribution in [0.1, 0.15) is 29.8 Å². The lowest BCUT2D eigenvalue weighted by Gasteiger charge is -2.42. The number of pyridine rings is 1. The van der Waals surface area contributed by atoms with Crippen LogP contribution in [0.4, 0.5) is 13.2 Å². The third-order valence-electron chi connectivity index (χ3n) is 5.99. The zero-order valence-corrected chi connectivity index (χ0v) is 17.4.